The molecule has 1 aromatic heterocycles. The molecule has 0 unspecified atom stereocenters. The van der Waals surface area contributed by atoms with Gasteiger partial charge in [-0.2, -0.15) is 0 Å². The summed E-state index contributed by atoms with van der Waals surface area (Å²) >= 11 is 5.91. The predicted molar refractivity (Wildman–Crippen MR) is 78.7 cm³/mol. The minimum Gasteiger partial charge on any atom is -0.340 e. The van der Waals surface area contributed by atoms with Crippen molar-refractivity contribution < 1.29 is 13.3 Å². The molecule has 0 saturated heterocycles. The number of nitrogens with zero attached hydrogens (tertiary/aromatic N) is 2. The van der Waals surface area contributed by atoms with Crippen molar-refractivity contribution in [3.05, 3.63) is 51.7 Å². The van der Waals surface area contributed by atoms with Crippen molar-refractivity contribution >= 4 is 38.6 Å². The summed E-state index contributed by atoms with van der Waals surface area (Å²) in [6.45, 7) is 0. The first-order valence-corrected chi connectivity index (χ1v) is 7.91. The maximum absolute atomic E-state index is 11.5. The second-order valence-corrected chi connectivity index (χ2v) is 6.59. The number of hydrogen-bond donors (Lipinski definition) is 1. The van der Waals surface area contributed by atoms with Gasteiger partial charge in [-0.15, -0.1) is 0 Å². The third kappa shape index (κ3) is 3.67. The van der Waals surface area contributed by atoms with Crippen LogP contribution < -0.4 is 5.32 Å². The number of nitro groups is 1. The van der Waals surface area contributed by atoms with Crippen molar-refractivity contribution in [3.63, 3.8) is 0 Å². The third-order valence-electron chi connectivity index (χ3n) is 2.56. The Morgan fingerprint density at radius 1 is 1.29 bits per heavy atom. The molecule has 1 N–H and O–H groups in total. The normalized spacial score (nSPS) is 11.1. The van der Waals surface area contributed by atoms with Crippen molar-refractivity contribution in [1.82, 2.24) is 4.98 Å². The fraction of sp³-hybridized carbons (Fsp3) is 0.0833. The molecule has 1 heterocycles. The molecule has 7 nitrogen and oxygen atoms in total. The standard InChI is InChI=1S/C12H10ClN3O4S/c1-21(19,20)11-3-2-8(6-10(11)13)15-12-7-9(16(17)18)4-5-14-12/h2-7H,1H3,(H,14,15). The number of aromatic nitrogens is 1. The summed E-state index contributed by atoms with van der Waals surface area (Å²) in [4.78, 5) is 14.1. The lowest BCUT2D eigenvalue weighted by molar-refractivity contribution is -0.384. The minimum absolute atomic E-state index is 0.0155. The number of pyridine rings is 1. The second kappa shape index (κ2) is 5.66. The average molecular weight is 328 g/mol. The van der Waals surface area contributed by atoms with Gasteiger partial charge in [0.2, 0.25) is 0 Å². The molecule has 2 aromatic rings. The molecule has 21 heavy (non-hydrogen) atoms. The smallest absolute Gasteiger partial charge is 0.274 e. The predicted octanol–water partition coefficient (Wildman–Crippen LogP) is 2.79. The fourth-order valence-corrected chi connectivity index (χ4v) is 2.96. The van der Waals surface area contributed by atoms with Crippen LogP contribution in [-0.4, -0.2) is 24.6 Å². The van der Waals surface area contributed by atoms with Gasteiger partial charge in [0, 0.05) is 24.2 Å². The van der Waals surface area contributed by atoms with E-state index in [9.17, 15) is 18.5 Å². The van der Waals surface area contributed by atoms with Gasteiger partial charge in [-0.1, -0.05) is 11.6 Å². The molecule has 0 saturated carbocycles. The van der Waals surface area contributed by atoms with Gasteiger partial charge >= 0.3 is 0 Å². The summed E-state index contributed by atoms with van der Waals surface area (Å²) in [7, 11) is -3.41. The maximum Gasteiger partial charge on any atom is 0.274 e. The minimum atomic E-state index is -3.41. The maximum atomic E-state index is 11.5. The summed E-state index contributed by atoms with van der Waals surface area (Å²) in [5, 5.41) is 13.6. The largest absolute Gasteiger partial charge is 0.340 e. The van der Waals surface area contributed by atoms with Gasteiger partial charge in [-0.05, 0) is 18.2 Å². The number of halogens is 1. The molecule has 0 atom stereocenters. The molecule has 0 spiro atoms. The van der Waals surface area contributed by atoms with Gasteiger partial charge in [0.05, 0.1) is 20.9 Å². The molecular weight excluding hydrogens is 318 g/mol. The van der Waals surface area contributed by atoms with Crippen LogP contribution >= 0.6 is 11.6 Å². The van der Waals surface area contributed by atoms with Crippen molar-refractivity contribution in [2.75, 3.05) is 11.6 Å². The van der Waals surface area contributed by atoms with E-state index in [1.807, 2.05) is 0 Å². The lowest BCUT2D eigenvalue weighted by Gasteiger charge is -2.08. The van der Waals surface area contributed by atoms with Gasteiger partial charge in [0.1, 0.15) is 5.82 Å². The fourth-order valence-electron chi connectivity index (χ4n) is 1.63. The first-order chi connectivity index (χ1) is 9.77. The van der Waals surface area contributed by atoms with E-state index in [1.165, 1.54) is 36.5 Å². The molecule has 0 bridgehead atoms. The number of anilines is 2. The van der Waals surface area contributed by atoms with Crippen LogP contribution in [0, 0.1) is 10.1 Å². The van der Waals surface area contributed by atoms with E-state index in [2.05, 4.69) is 10.3 Å². The molecule has 0 aliphatic rings. The SMILES string of the molecule is CS(=O)(=O)c1ccc(Nc2cc([N+](=O)[O-])ccn2)cc1Cl. The highest BCUT2D eigenvalue weighted by molar-refractivity contribution is 7.90. The number of rotatable bonds is 4. The highest BCUT2D eigenvalue weighted by Gasteiger charge is 2.13. The Kier molecular flexibility index (Phi) is 4.10. The Labute approximate surface area is 125 Å². The zero-order valence-electron chi connectivity index (χ0n) is 10.8. The Morgan fingerprint density at radius 3 is 2.57 bits per heavy atom. The summed E-state index contributed by atoms with van der Waals surface area (Å²) in [6.07, 6.45) is 2.36. The van der Waals surface area contributed by atoms with Crippen LogP contribution in [0.1, 0.15) is 0 Å². The highest BCUT2D eigenvalue weighted by atomic mass is 35.5. The van der Waals surface area contributed by atoms with Gasteiger partial charge in [-0.3, -0.25) is 10.1 Å². The molecule has 0 aliphatic heterocycles. The number of sulfone groups is 1. The van der Waals surface area contributed by atoms with Crippen LogP contribution in [0.2, 0.25) is 5.02 Å². The Bertz CT molecular complexity index is 808. The topological polar surface area (TPSA) is 102 Å². The second-order valence-electron chi connectivity index (χ2n) is 4.20. The molecule has 1 aromatic carbocycles. The zero-order chi connectivity index (χ0) is 15.6. The van der Waals surface area contributed by atoms with Crippen LogP contribution in [0.3, 0.4) is 0 Å². The Balaban J connectivity index is 2.31. The van der Waals surface area contributed by atoms with Gasteiger partial charge < -0.3 is 5.32 Å². The van der Waals surface area contributed by atoms with Crippen molar-refractivity contribution in [2.45, 2.75) is 4.90 Å². The third-order valence-corrected chi connectivity index (χ3v) is 4.14. The average Bonchev–Trinajstić information content (AvgIpc) is 2.37. The molecule has 2 rings (SSSR count). The van der Waals surface area contributed by atoms with Gasteiger partial charge in [0.25, 0.3) is 5.69 Å². The van der Waals surface area contributed by atoms with Crippen molar-refractivity contribution in [1.29, 1.82) is 0 Å². The van der Waals surface area contributed by atoms with Crippen LogP contribution in [0.5, 0.6) is 0 Å². The number of benzene rings is 1. The summed E-state index contributed by atoms with van der Waals surface area (Å²) in [6, 6.07) is 6.81. The molecular formula is C12H10ClN3O4S. The molecule has 0 aliphatic carbocycles. The number of hydrogen-bond acceptors (Lipinski definition) is 6. The molecule has 110 valence electrons. The van der Waals surface area contributed by atoms with Crippen LogP contribution in [0.25, 0.3) is 0 Å². The van der Waals surface area contributed by atoms with E-state index in [-0.39, 0.29) is 21.4 Å². The van der Waals surface area contributed by atoms with E-state index >= 15 is 0 Å². The Hall–Kier alpha value is -2.19. The molecule has 0 amide bonds. The summed E-state index contributed by atoms with van der Waals surface area (Å²) in [5.41, 5.74) is 0.367. The first-order valence-electron chi connectivity index (χ1n) is 5.64. The van der Waals surface area contributed by atoms with Gasteiger partial charge in [-0.25, -0.2) is 13.4 Å². The highest BCUT2D eigenvalue weighted by Crippen LogP contribution is 2.27. The van der Waals surface area contributed by atoms with Gasteiger partial charge in [0.15, 0.2) is 9.84 Å². The molecule has 9 heteroatoms. The van der Waals surface area contributed by atoms with Crippen molar-refractivity contribution in [3.8, 4) is 0 Å². The van der Waals surface area contributed by atoms with E-state index in [0.29, 0.717) is 5.69 Å². The van der Waals surface area contributed by atoms with Crippen LogP contribution in [-0.2, 0) is 9.84 Å². The molecule has 0 fully saturated rings. The van der Waals surface area contributed by atoms with Crippen LogP contribution in [0.15, 0.2) is 41.4 Å². The monoisotopic (exact) mass is 327 g/mol. The summed E-state index contributed by atoms with van der Waals surface area (Å²) in [5.74, 6) is 0.257. The Morgan fingerprint density at radius 2 is 2.00 bits per heavy atom. The zero-order valence-corrected chi connectivity index (χ0v) is 12.4. The van der Waals surface area contributed by atoms with Crippen molar-refractivity contribution in [2.24, 2.45) is 0 Å². The quantitative estimate of drug-likeness (QED) is 0.684. The lowest BCUT2D eigenvalue weighted by atomic mass is 10.3. The van der Waals surface area contributed by atoms with E-state index in [0.717, 1.165) is 6.26 Å². The van der Waals surface area contributed by atoms with E-state index in [1.54, 1.807) is 0 Å². The summed E-state index contributed by atoms with van der Waals surface area (Å²) < 4.78 is 22.9. The molecule has 0 radical (unpaired) electrons. The van der Waals surface area contributed by atoms with E-state index in [4.69, 9.17) is 11.6 Å². The van der Waals surface area contributed by atoms with Crippen LogP contribution in [0.4, 0.5) is 17.2 Å². The number of nitrogens with one attached hydrogen (secondary N) is 1. The first kappa shape index (κ1) is 15.2. The lowest BCUT2D eigenvalue weighted by Crippen LogP contribution is -2.00. The van der Waals surface area contributed by atoms with E-state index < -0.39 is 14.8 Å².